The number of thioether (sulfide) groups is 1. The lowest BCUT2D eigenvalue weighted by molar-refractivity contribution is -0.135. The highest BCUT2D eigenvalue weighted by molar-refractivity contribution is 7.98. The molecule has 178 valence electrons. The molecule has 33 heavy (non-hydrogen) atoms. The molecule has 1 saturated carbocycles. The Morgan fingerprint density at radius 1 is 1.12 bits per heavy atom. The maximum Gasteiger partial charge on any atom is 0.276 e. The number of hydrogen-bond donors (Lipinski definition) is 2. The van der Waals surface area contributed by atoms with Crippen LogP contribution in [0, 0.1) is 11.8 Å². The summed E-state index contributed by atoms with van der Waals surface area (Å²) in [5, 5.41) is 13.9. The number of nitrogens with zero attached hydrogens (tertiary/aromatic N) is 2. The van der Waals surface area contributed by atoms with Gasteiger partial charge in [0.15, 0.2) is 0 Å². The van der Waals surface area contributed by atoms with Crippen molar-refractivity contribution in [3.63, 3.8) is 0 Å². The maximum absolute atomic E-state index is 13.1. The summed E-state index contributed by atoms with van der Waals surface area (Å²) in [6.07, 6.45) is 5.71. The number of rotatable bonds is 9. The van der Waals surface area contributed by atoms with Crippen LogP contribution in [0.15, 0.2) is 40.0 Å². The standard InChI is InChI=1S/C24H32N4O4S/c1-15(2)13-18(23-27-28-24(32-23)33-3)22(31)26-21(30)17-11-7-8-12-19(17)25-20(29)14-16-9-5-4-6-10-16/h4-6,9-10,15,17-19H,7-8,11-14H2,1-3H3,(H,25,29)(H,26,30,31)/t17-,18-,19+/m1/s1. The van der Waals surface area contributed by atoms with Crippen LogP contribution < -0.4 is 10.6 Å². The Kier molecular flexibility index (Phi) is 9.05. The van der Waals surface area contributed by atoms with E-state index in [1.807, 2.05) is 50.4 Å². The van der Waals surface area contributed by atoms with Gasteiger partial charge in [-0.25, -0.2) is 0 Å². The zero-order chi connectivity index (χ0) is 23.8. The van der Waals surface area contributed by atoms with E-state index < -0.39 is 17.7 Å². The first-order valence-electron chi connectivity index (χ1n) is 11.4. The first-order chi connectivity index (χ1) is 15.9. The minimum Gasteiger partial charge on any atom is -0.415 e. The van der Waals surface area contributed by atoms with Crippen molar-refractivity contribution in [2.75, 3.05) is 6.26 Å². The third-order valence-corrected chi connectivity index (χ3v) is 6.34. The Morgan fingerprint density at radius 3 is 2.52 bits per heavy atom. The SMILES string of the molecule is CSc1nnc([C@H](CC(C)C)C(=O)NC(=O)[C@@H]2CCCC[C@@H]2NC(=O)Cc2ccccc2)o1. The van der Waals surface area contributed by atoms with Crippen LogP contribution in [0.25, 0.3) is 0 Å². The monoisotopic (exact) mass is 472 g/mol. The van der Waals surface area contributed by atoms with Crippen LogP contribution in [0.1, 0.15) is 63.3 Å². The number of carbonyl (C=O) groups is 3. The predicted octanol–water partition coefficient (Wildman–Crippen LogP) is 3.48. The predicted molar refractivity (Wildman–Crippen MR) is 125 cm³/mol. The van der Waals surface area contributed by atoms with Crippen molar-refractivity contribution in [3.8, 4) is 0 Å². The summed E-state index contributed by atoms with van der Waals surface area (Å²) in [5.41, 5.74) is 0.919. The van der Waals surface area contributed by atoms with Crippen LogP contribution in [-0.2, 0) is 20.8 Å². The lowest BCUT2D eigenvalue weighted by Gasteiger charge is -2.31. The molecule has 3 rings (SSSR count). The average Bonchev–Trinajstić information content (AvgIpc) is 3.27. The van der Waals surface area contributed by atoms with Gasteiger partial charge < -0.3 is 9.73 Å². The Labute approximate surface area is 198 Å². The van der Waals surface area contributed by atoms with Gasteiger partial charge >= 0.3 is 0 Å². The Bertz CT molecular complexity index is 947. The molecule has 1 aliphatic rings. The number of amides is 3. The quantitative estimate of drug-likeness (QED) is 0.537. The second-order valence-electron chi connectivity index (χ2n) is 8.87. The third kappa shape index (κ3) is 7.15. The molecule has 2 N–H and O–H groups in total. The summed E-state index contributed by atoms with van der Waals surface area (Å²) in [6.45, 7) is 3.99. The van der Waals surface area contributed by atoms with Crippen molar-refractivity contribution in [1.29, 1.82) is 0 Å². The fraction of sp³-hybridized carbons (Fsp3) is 0.542. The van der Waals surface area contributed by atoms with Gasteiger partial charge in [0.05, 0.1) is 12.3 Å². The van der Waals surface area contributed by atoms with Gasteiger partial charge in [0.1, 0.15) is 5.92 Å². The summed E-state index contributed by atoms with van der Waals surface area (Å²) in [6, 6.07) is 9.20. The molecule has 1 aliphatic carbocycles. The highest BCUT2D eigenvalue weighted by Crippen LogP contribution is 2.28. The summed E-state index contributed by atoms with van der Waals surface area (Å²) in [7, 11) is 0. The van der Waals surface area contributed by atoms with E-state index in [4.69, 9.17) is 4.42 Å². The number of nitrogens with one attached hydrogen (secondary N) is 2. The molecule has 0 aliphatic heterocycles. The van der Waals surface area contributed by atoms with Crippen molar-refractivity contribution >= 4 is 29.5 Å². The summed E-state index contributed by atoms with van der Waals surface area (Å²) >= 11 is 1.30. The van der Waals surface area contributed by atoms with Crippen LogP contribution >= 0.6 is 11.8 Å². The minimum absolute atomic E-state index is 0.120. The van der Waals surface area contributed by atoms with E-state index in [1.54, 1.807) is 0 Å². The normalized spacial score (nSPS) is 19.2. The van der Waals surface area contributed by atoms with Gasteiger partial charge in [-0.15, -0.1) is 10.2 Å². The van der Waals surface area contributed by atoms with E-state index in [9.17, 15) is 14.4 Å². The van der Waals surface area contributed by atoms with E-state index in [0.29, 0.717) is 24.5 Å². The van der Waals surface area contributed by atoms with Crippen LogP contribution in [0.3, 0.4) is 0 Å². The van der Waals surface area contributed by atoms with Gasteiger partial charge in [-0.2, -0.15) is 0 Å². The Balaban J connectivity index is 1.65. The zero-order valence-corrected chi connectivity index (χ0v) is 20.2. The number of imide groups is 1. The van der Waals surface area contributed by atoms with Crippen molar-refractivity contribution in [3.05, 3.63) is 41.8 Å². The molecule has 0 spiro atoms. The topological polar surface area (TPSA) is 114 Å². The molecule has 2 aromatic rings. The second kappa shape index (κ2) is 12.0. The summed E-state index contributed by atoms with van der Waals surface area (Å²) < 4.78 is 5.59. The van der Waals surface area contributed by atoms with E-state index in [0.717, 1.165) is 18.4 Å². The molecule has 3 atom stereocenters. The third-order valence-electron chi connectivity index (χ3n) is 5.82. The molecule has 0 unspecified atom stereocenters. The van der Waals surface area contributed by atoms with Gasteiger partial charge in [-0.1, -0.05) is 68.8 Å². The molecule has 8 nitrogen and oxygen atoms in total. The van der Waals surface area contributed by atoms with Crippen molar-refractivity contribution in [2.45, 2.75) is 69.6 Å². The molecule has 9 heteroatoms. The highest BCUT2D eigenvalue weighted by Gasteiger charge is 2.35. The maximum atomic E-state index is 13.1. The molecular weight excluding hydrogens is 440 g/mol. The number of hydrogen-bond acceptors (Lipinski definition) is 7. The van der Waals surface area contributed by atoms with Gasteiger partial charge in [0, 0.05) is 6.04 Å². The van der Waals surface area contributed by atoms with Gasteiger partial charge in [0.25, 0.3) is 5.22 Å². The zero-order valence-electron chi connectivity index (χ0n) is 19.4. The van der Waals surface area contributed by atoms with Crippen molar-refractivity contribution in [2.24, 2.45) is 11.8 Å². The molecule has 1 aromatic heterocycles. The molecule has 1 fully saturated rings. The lowest BCUT2D eigenvalue weighted by Crippen LogP contribution is -2.50. The summed E-state index contributed by atoms with van der Waals surface area (Å²) in [5.74, 6) is -1.66. The molecule has 0 radical (unpaired) electrons. The number of benzene rings is 1. The Hall–Kier alpha value is -2.68. The van der Waals surface area contributed by atoms with Crippen LogP contribution in [0.2, 0.25) is 0 Å². The Morgan fingerprint density at radius 2 is 1.85 bits per heavy atom. The average molecular weight is 473 g/mol. The van der Waals surface area contributed by atoms with E-state index in [2.05, 4.69) is 20.8 Å². The van der Waals surface area contributed by atoms with Crippen molar-refractivity contribution < 1.29 is 18.8 Å². The van der Waals surface area contributed by atoms with E-state index >= 15 is 0 Å². The highest BCUT2D eigenvalue weighted by atomic mass is 32.2. The van der Waals surface area contributed by atoms with E-state index in [-0.39, 0.29) is 36.1 Å². The number of aromatic nitrogens is 2. The lowest BCUT2D eigenvalue weighted by atomic mass is 9.83. The molecule has 0 bridgehead atoms. The van der Waals surface area contributed by atoms with Gasteiger partial charge in [0.2, 0.25) is 23.6 Å². The molecule has 3 amide bonds. The fourth-order valence-electron chi connectivity index (χ4n) is 4.19. The van der Waals surface area contributed by atoms with Crippen LogP contribution in [-0.4, -0.2) is 40.2 Å². The van der Waals surface area contributed by atoms with Gasteiger partial charge in [-0.3, -0.25) is 19.7 Å². The minimum atomic E-state index is -0.697. The van der Waals surface area contributed by atoms with E-state index in [1.165, 1.54) is 11.8 Å². The molecule has 0 saturated heterocycles. The van der Waals surface area contributed by atoms with Crippen LogP contribution in [0.5, 0.6) is 0 Å². The number of carbonyl (C=O) groups excluding carboxylic acids is 3. The summed E-state index contributed by atoms with van der Waals surface area (Å²) in [4.78, 5) is 38.7. The largest absolute Gasteiger partial charge is 0.415 e. The first kappa shape index (κ1) is 25.0. The van der Waals surface area contributed by atoms with Crippen LogP contribution in [0.4, 0.5) is 0 Å². The first-order valence-corrected chi connectivity index (χ1v) is 12.6. The fourth-order valence-corrected chi connectivity index (χ4v) is 4.48. The molecular formula is C24H32N4O4S. The molecule has 1 heterocycles. The van der Waals surface area contributed by atoms with Crippen molar-refractivity contribution in [1.82, 2.24) is 20.8 Å². The second-order valence-corrected chi connectivity index (χ2v) is 9.63. The smallest absolute Gasteiger partial charge is 0.276 e. The molecule has 1 aromatic carbocycles. The van der Waals surface area contributed by atoms with Gasteiger partial charge in [-0.05, 0) is 37.0 Å².